The highest BCUT2D eigenvalue weighted by Gasteiger charge is 2.39. The largest absolute Gasteiger partial charge is 0.434 e. The van der Waals surface area contributed by atoms with E-state index in [1.165, 1.54) is 19.1 Å². The van der Waals surface area contributed by atoms with Gasteiger partial charge in [0.2, 0.25) is 5.89 Å². The Morgan fingerprint density at radius 2 is 1.82 bits per heavy atom. The Hall–Kier alpha value is -4.16. The SMILES string of the molecule is CC(F)(Cc1cc(F)cc(F)c1)CC1CN(C(c2ccc(C#N)cc2)c2cccc(-c3n[nH]c(=O)o3)c2)C1. The summed E-state index contributed by atoms with van der Waals surface area (Å²) in [6.45, 7) is 2.70. The molecule has 1 aliphatic heterocycles. The van der Waals surface area contributed by atoms with E-state index in [1.807, 2.05) is 30.3 Å². The van der Waals surface area contributed by atoms with Gasteiger partial charge >= 0.3 is 5.76 Å². The fourth-order valence-electron chi connectivity index (χ4n) is 5.31. The van der Waals surface area contributed by atoms with Crippen LogP contribution in [0.1, 0.15) is 41.6 Å². The second-order valence-electron chi connectivity index (χ2n) is 10.1. The lowest BCUT2D eigenvalue weighted by Gasteiger charge is -2.46. The Bertz CT molecular complexity index is 1510. The summed E-state index contributed by atoms with van der Waals surface area (Å²) in [5, 5.41) is 15.4. The Morgan fingerprint density at radius 3 is 2.45 bits per heavy atom. The number of aromatic amines is 1. The van der Waals surface area contributed by atoms with Crippen LogP contribution in [-0.4, -0.2) is 33.9 Å². The molecule has 1 aromatic heterocycles. The van der Waals surface area contributed by atoms with Crippen LogP contribution in [0.25, 0.3) is 11.5 Å². The first-order valence-corrected chi connectivity index (χ1v) is 12.2. The van der Waals surface area contributed by atoms with E-state index in [4.69, 9.17) is 4.42 Å². The lowest BCUT2D eigenvalue weighted by molar-refractivity contribution is 0.0238. The Morgan fingerprint density at radius 1 is 1.11 bits per heavy atom. The summed E-state index contributed by atoms with van der Waals surface area (Å²) >= 11 is 0. The zero-order valence-electron chi connectivity index (χ0n) is 20.6. The highest BCUT2D eigenvalue weighted by Crippen LogP contribution is 2.39. The molecule has 9 heteroatoms. The number of alkyl halides is 1. The van der Waals surface area contributed by atoms with Crippen LogP contribution >= 0.6 is 0 Å². The topological polar surface area (TPSA) is 85.9 Å². The quantitative estimate of drug-likeness (QED) is 0.330. The predicted octanol–water partition coefficient (Wildman–Crippen LogP) is 5.56. The standard InChI is InChI=1S/C29H25F3N4O2/c1-29(32,13-19-9-24(30)12-25(31)10-19)14-20-16-36(17-20)26(21-7-5-18(15-33)6-8-21)22-3-2-4-23(11-22)27-34-35-28(37)38-27/h2-12,20,26H,13-14,16-17H2,1H3,(H,35,37). The monoisotopic (exact) mass is 518 g/mol. The Kier molecular flexibility index (Phi) is 6.91. The van der Waals surface area contributed by atoms with Gasteiger partial charge in [0.25, 0.3) is 0 Å². The number of nitriles is 1. The number of nitrogens with zero attached hydrogens (tertiary/aromatic N) is 3. The summed E-state index contributed by atoms with van der Waals surface area (Å²) in [5.41, 5.74) is 1.73. The molecule has 0 aliphatic carbocycles. The molecule has 4 aromatic rings. The van der Waals surface area contributed by atoms with Gasteiger partial charge in [-0.2, -0.15) is 5.26 Å². The van der Waals surface area contributed by atoms with Crippen LogP contribution in [0.4, 0.5) is 13.2 Å². The first-order chi connectivity index (χ1) is 18.2. The van der Waals surface area contributed by atoms with Gasteiger partial charge in [-0.25, -0.2) is 23.1 Å². The summed E-state index contributed by atoms with van der Waals surface area (Å²) in [7, 11) is 0. The predicted molar refractivity (Wildman–Crippen MR) is 135 cm³/mol. The third-order valence-electron chi connectivity index (χ3n) is 6.80. The number of hydrogen-bond acceptors (Lipinski definition) is 5. The van der Waals surface area contributed by atoms with Crippen LogP contribution in [0, 0.1) is 28.9 Å². The molecule has 2 heterocycles. The van der Waals surface area contributed by atoms with Gasteiger partial charge in [-0.15, -0.1) is 5.10 Å². The first-order valence-electron chi connectivity index (χ1n) is 12.2. The van der Waals surface area contributed by atoms with E-state index in [1.54, 1.807) is 18.2 Å². The number of hydrogen-bond donors (Lipinski definition) is 1. The maximum atomic E-state index is 15.5. The molecule has 0 bridgehead atoms. The van der Waals surface area contributed by atoms with Gasteiger partial charge < -0.3 is 4.42 Å². The van der Waals surface area contributed by atoms with Crippen LogP contribution < -0.4 is 5.76 Å². The first kappa shape index (κ1) is 25.5. The van der Waals surface area contributed by atoms with Crippen molar-refractivity contribution in [2.75, 3.05) is 13.1 Å². The summed E-state index contributed by atoms with van der Waals surface area (Å²) in [4.78, 5) is 13.7. The van der Waals surface area contributed by atoms with Crippen molar-refractivity contribution in [1.29, 1.82) is 5.26 Å². The van der Waals surface area contributed by atoms with Gasteiger partial charge in [0.05, 0.1) is 17.7 Å². The Balaban J connectivity index is 1.35. The number of nitrogens with one attached hydrogen (secondary N) is 1. The van der Waals surface area contributed by atoms with Gasteiger partial charge in [0, 0.05) is 31.1 Å². The van der Waals surface area contributed by atoms with Crippen molar-refractivity contribution in [2.45, 2.75) is 31.5 Å². The van der Waals surface area contributed by atoms with Crippen molar-refractivity contribution in [1.82, 2.24) is 15.1 Å². The van der Waals surface area contributed by atoms with Crippen molar-refractivity contribution < 1.29 is 17.6 Å². The van der Waals surface area contributed by atoms with E-state index in [9.17, 15) is 18.8 Å². The summed E-state index contributed by atoms with van der Waals surface area (Å²) in [6, 6.07) is 19.9. The second-order valence-corrected chi connectivity index (χ2v) is 10.1. The van der Waals surface area contributed by atoms with E-state index in [0.29, 0.717) is 29.8 Å². The zero-order valence-corrected chi connectivity index (χ0v) is 20.6. The normalized spacial score (nSPS) is 16.4. The molecule has 0 radical (unpaired) electrons. The minimum absolute atomic E-state index is 0.0526. The van der Waals surface area contributed by atoms with Crippen molar-refractivity contribution in [3.05, 3.63) is 111 Å². The smallest absolute Gasteiger partial charge is 0.388 e. The molecule has 38 heavy (non-hydrogen) atoms. The average molecular weight is 519 g/mol. The second kappa shape index (κ2) is 10.3. The van der Waals surface area contributed by atoms with Crippen LogP contribution in [0.15, 0.2) is 75.9 Å². The number of H-pyrrole nitrogens is 1. The third kappa shape index (κ3) is 5.71. The minimum atomic E-state index is -1.63. The van der Waals surface area contributed by atoms with Gasteiger partial charge in [-0.3, -0.25) is 4.90 Å². The fourth-order valence-corrected chi connectivity index (χ4v) is 5.31. The van der Waals surface area contributed by atoms with Crippen LogP contribution in [0.5, 0.6) is 0 Å². The summed E-state index contributed by atoms with van der Waals surface area (Å²) in [5.74, 6) is -1.84. The van der Waals surface area contributed by atoms with Crippen LogP contribution in [-0.2, 0) is 6.42 Å². The van der Waals surface area contributed by atoms with Gasteiger partial charge in [0.1, 0.15) is 17.3 Å². The molecule has 1 fully saturated rings. The maximum absolute atomic E-state index is 15.5. The van der Waals surface area contributed by atoms with Crippen molar-refractivity contribution in [3.63, 3.8) is 0 Å². The van der Waals surface area contributed by atoms with Gasteiger partial charge in [0.15, 0.2) is 0 Å². The lowest BCUT2D eigenvalue weighted by atomic mass is 9.82. The molecule has 5 rings (SSSR count). The third-order valence-corrected chi connectivity index (χ3v) is 6.80. The molecule has 0 amide bonds. The molecule has 1 aliphatic rings. The van der Waals surface area contributed by atoms with E-state index >= 15 is 4.39 Å². The van der Waals surface area contributed by atoms with E-state index < -0.39 is 23.1 Å². The number of benzene rings is 3. The van der Waals surface area contributed by atoms with E-state index in [0.717, 1.165) is 17.2 Å². The van der Waals surface area contributed by atoms with Crippen molar-refractivity contribution >= 4 is 0 Å². The molecule has 0 spiro atoms. The molecule has 1 N–H and O–H groups in total. The van der Waals surface area contributed by atoms with Crippen molar-refractivity contribution in [2.24, 2.45) is 5.92 Å². The van der Waals surface area contributed by atoms with Crippen molar-refractivity contribution in [3.8, 4) is 17.5 Å². The molecule has 1 saturated heterocycles. The van der Waals surface area contributed by atoms with E-state index in [2.05, 4.69) is 21.2 Å². The number of likely N-dealkylation sites (tertiary alicyclic amines) is 1. The molecular weight excluding hydrogens is 493 g/mol. The van der Waals surface area contributed by atoms with Crippen LogP contribution in [0.3, 0.4) is 0 Å². The average Bonchev–Trinajstić information content (AvgIpc) is 3.28. The van der Waals surface area contributed by atoms with Gasteiger partial charge in [-0.05, 0) is 72.4 Å². The molecule has 2 unspecified atom stereocenters. The Labute approximate surface area is 217 Å². The zero-order chi connectivity index (χ0) is 26.9. The fraction of sp³-hybridized carbons (Fsp3) is 0.276. The van der Waals surface area contributed by atoms with Crippen LogP contribution in [0.2, 0.25) is 0 Å². The molecule has 194 valence electrons. The van der Waals surface area contributed by atoms with Gasteiger partial charge in [-0.1, -0.05) is 24.3 Å². The summed E-state index contributed by atoms with van der Waals surface area (Å²) < 4.78 is 47.7. The molecule has 0 saturated carbocycles. The molecule has 2 atom stereocenters. The molecular formula is C29H25F3N4O2. The highest BCUT2D eigenvalue weighted by atomic mass is 19.1. The number of aromatic nitrogens is 2. The highest BCUT2D eigenvalue weighted by molar-refractivity contribution is 5.55. The summed E-state index contributed by atoms with van der Waals surface area (Å²) in [6.07, 6.45) is 0.175. The number of rotatable bonds is 8. The van der Waals surface area contributed by atoms with E-state index in [-0.39, 0.29) is 30.7 Å². The molecule has 6 nitrogen and oxygen atoms in total. The number of halogens is 3. The lowest BCUT2D eigenvalue weighted by Crippen LogP contribution is -2.50. The maximum Gasteiger partial charge on any atom is 0.434 e. The minimum Gasteiger partial charge on any atom is -0.388 e. The molecule has 3 aromatic carbocycles.